The average Bonchev–Trinajstić information content (AvgIpc) is 2.95. The van der Waals surface area contributed by atoms with Crippen molar-refractivity contribution in [2.24, 2.45) is 5.92 Å². The lowest BCUT2D eigenvalue weighted by Gasteiger charge is -2.32. The molecular formula is C16H26N4O4S. The van der Waals surface area contributed by atoms with Crippen LogP contribution in [-0.4, -0.2) is 61.2 Å². The lowest BCUT2D eigenvalue weighted by atomic mass is 9.97. The smallest absolute Gasteiger partial charge is 0.246 e. The molecule has 0 aromatic carbocycles. The Morgan fingerprint density at radius 2 is 2.00 bits per heavy atom. The number of aromatic nitrogens is 2. The van der Waals surface area contributed by atoms with Gasteiger partial charge in [0.05, 0.1) is 17.3 Å². The number of carbonyl (C=O) groups excluding carboxylic acids is 1. The van der Waals surface area contributed by atoms with E-state index in [2.05, 4.69) is 15.5 Å². The van der Waals surface area contributed by atoms with Crippen LogP contribution in [0.3, 0.4) is 0 Å². The fourth-order valence-corrected chi connectivity index (χ4v) is 5.44. The molecule has 1 aromatic rings. The Morgan fingerprint density at radius 1 is 1.28 bits per heavy atom. The number of ether oxygens (including phenoxy) is 1. The topological polar surface area (TPSA) is 104 Å². The average molecular weight is 370 g/mol. The van der Waals surface area contributed by atoms with Crippen molar-refractivity contribution in [3.63, 3.8) is 0 Å². The molecular weight excluding hydrogens is 344 g/mol. The first-order valence-electron chi connectivity index (χ1n) is 8.79. The molecule has 2 aliphatic rings. The third-order valence-corrected chi connectivity index (χ3v) is 7.11. The van der Waals surface area contributed by atoms with Gasteiger partial charge in [0.1, 0.15) is 4.90 Å². The number of aromatic amines is 1. The van der Waals surface area contributed by atoms with Crippen LogP contribution in [0.15, 0.2) is 4.90 Å². The Balaban J connectivity index is 1.69. The molecule has 3 rings (SSSR count). The maximum absolute atomic E-state index is 13.0. The van der Waals surface area contributed by atoms with Crippen molar-refractivity contribution in [1.29, 1.82) is 0 Å². The number of carbonyl (C=O) groups is 1. The Morgan fingerprint density at radius 3 is 2.64 bits per heavy atom. The highest BCUT2D eigenvalue weighted by Crippen LogP contribution is 2.27. The van der Waals surface area contributed by atoms with Gasteiger partial charge in [0.25, 0.3) is 0 Å². The Hall–Kier alpha value is -1.45. The Kier molecular flexibility index (Phi) is 5.45. The number of piperidine rings is 1. The first-order valence-corrected chi connectivity index (χ1v) is 10.2. The molecule has 0 spiro atoms. The molecule has 0 aliphatic carbocycles. The van der Waals surface area contributed by atoms with Crippen molar-refractivity contribution in [2.75, 3.05) is 26.3 Å². The van der Waals surface area contributed by atoms with E-state index in [1.165, 1.54) is 4.31 Å². The molecule has 0 unspecified atom stereocenters. The molecule has 0 bridgehead atoms. The first kappa shape index (κ1) is 18.3. The number of amides is 1. The standard InChI is InChI=1S/C16H26N4O4S/c1-11-15(12(2)19-18-11)25(22,23)20-7-3-4-13(10-20)16(21)17-14-5-8-24-9-6-14/h13-14H,3-10H2,1-2H3,(H,17,21)(H,18,19)/t13-/m1/s1. The van der Waals surface area contributed by atoms with Gasteiger partial charge in [-0.3, -0.25) is 9.89 Å². The van der Waals surface area contributed by atoms with Crippen LogP contribution in [0, 0.1) is 19.8 Å². The number of nitrogens with zero attached hydrogens (tertiary/aromatic N) is 2. The summed E-state index contributed by atoms with van der Waals surface area (Å²) in [5.41, 5.74) is 0.998. The van der Waals surface area contributed by atoms with E-state index in [0.29, 0.717) is 44.0 Å². The highest BCUT2D eigenvalue weighted by Gasteiger charge is 2.36. The molecule has 3 heterocycles. The van der Waals surface area contributed by atoms with Crippen LogP contribution in [0.1, 0.15) is 37.1 Å². The fraction of sp³-hybridized carbons (Fsp3) is 0.750. The molecule has 0 saturated carbocycles. The van der Waals surface area contributed by atoms with Gasteiger partial charge in [-0.1, -0.05) is 0 Å². The summed E-state index contributed by atoms with van der Waals surface area (Å²) in [5.74, 6) is -0.355. The van der Waals surface area contributed by atoms with Crippen molar-refractivity contribution in [3.8, 4) is 0 Å². The van der Waals surface area contributed by atoms with E-state index in [1.54, 1.807) is 13.8 Å². The zero-order chi connectivity index (χ0) is 18.0. The minimum absolute atomic E-state index is 0.0487. The van der Waals surface area contributed by atoms with E-state index in [1.807, 2.05) is 0 Å². The second kappa shape index (κ2) is 7.43. The third kappa shape index (κ3) is 3.88. The number of rotatable bonds is 4. The van der Waals surface area contributed by atoms with E-state index < -0.39 is 10.0 Å². The number of hydrogen-bond acceptors (Lipinski definition) is 5. The Bertz CT molecular complexity index is 705. The van der Waals surface area contributed by atoms with Crippen molar-refractivity contribution in [2.45, 2.75) is 50.5 Å². The summed E-state index contributed by atoms with van der Waals surface area (Å²) in [6.45, 7) is 5.36. The SMILES string of the molecule is Cc1n[nH]c(C)c1S(=O)(=O)N1CCC[C@@H](C(=O)NC2CCOCC2)C1. The van der Waals surface area contributed by atoms with Crippen LogP contribution in [-0.2, 0) is 19.6 Å². The van der Waals surface area contributed by atoms with Gasteiger partial charge in [0.2, 0.25) is 15.9 Å². The molecule has 2 saturated heterocycles. The molecule has 2 fully saturated rings. The molecule has 2 aliphatic heterocycles. The van der Waals surface area contributed by atoms with Gasteiger partial charge in [-0.15, -0.1) is 0 Å². The molecule has 140 valence electrons. The van der Waals surface area contributed by atoms with Crippen LogP contribution in [0.25, 0.3) is 0 Å². The summed E-state index contributed by atoms with van der Waals surface area (Å²) >= 11 is 0. The summed E-state index contributed by atoms with van der Waals surface area (Å²) in [5, 5.41) is 9.77. The minimum atomic E-state index is -3.64. The van der Waals surface area contributed by atoms with E-state index in [9.17, 15) is 13.2 Å². The van der Waals surface area contributed by atoms with E-state index in [-0.39, 0.29) is 29.3 Å². The van der Waals surface area contributed by atoms with Gasteiger partial charge in [0.15, 0.2) is 0 Å². The predicted octanol–water partition coefficient (Wildman–Crippen LogP) is 0.722. The molecule has 1 aromatic heterocycles. The fourth-order valence-electron chi connectivity index (χ4n) is 3.59. The number of sulfonamides is 1. The van der Waals surface area contributed by atoms with Crippen LogP contribution >= 0.6 is 0 Å². The number of aryl methyl sites for hydroxylation is 2. The highest BCUT2D eigenvalue weighted by molar-refractivity contribution is 7.89. The summed E-state index contributed by atoms with van der Waals surface area (Å²) in [6.07, 6.45) is 3.02. The normalized spacial score (nSPS) is 23.5. The van der Waals surface area contributed by atoms with Crippen LogP contribution in [0.4, 0.5) is 0 Å². The molecule has 25 heavy (non-hydrogen) atoms. The zero-order valence-corrected chi connectivity index (χ0v) is 15.6. The van der Waals surface area contributed by atoms with Crippen LogP contribution < -0.4 is 5.32 Å². The number of H-pyrrole nitrogens is 1. The van der Waals surface area contributed by atoms with E-state index >= 15 is 0 Å². The molecule has 9 heteroatoms. The quantitative estimate of drug-likeness (QED) is 0.813. The van der Waals surface area contributed by atoms with Crippen LogP contribution in [0.2, 0.25) is 0 Å². The Labute approximate surface area is 148 Å². The van der Waals surface area contributed by atoms with Gasteiger partial charge >= 0.3 is 0 Å². The second-order valence-electron chi connectivity index (χ2n) is 6.86. The molecule has 1 atom stereocenters. The monoisotopic (exact) mass is 370 g/mol. The molecule has 0 radical (unpaired) electrons. The lowest BCUT2D eigenvalue weighted by molar-refractivity contribution is -0.127. The van der Waals surface area contributed by atoms with Crippen molar-refractivity contribution in [3.05, 3.63) is 11.4 Å². The van der Waals surface area contributed by atoms with Crippen molar-refractivity contribution in [1.82, 2.24) is 19.8 Å². The third-order valence-electron chi connectivity index (χ3n) is 4.98. The summed E-state index contributed by atoms with van der Waals surface area (Å²) in [4.78, 5) is 12.8. The van der Waals surface area contributed by atoms with Gasteiger partial charge in [-0.05, 0) is 39.5 Å². The van der Waals surface area contributed by atoms with Gasteiger partial charge in [-0.2, -0.15) is 9.40 Å². The predicted molar refractivity (Wildman–Crippen MR) is 91.5 cm³/mol. The summed E-state index contributed by atoms with van der Waals surface area (Å²) < 4.78 is 32.7. The van der Waals surface area contributed by atoms with Gasteiger partial charge in [-0.25, -0.2) is 8.42 Å². The lowest BCUT2D eigenvalue weighted by Crippen LogP contribution is -2.48. The molecule has 1 amide bonds. The highest BCUT2D eigenvalue weighted by atomic mass is 32.2. The molecule has 2 N–H and O–H groups in total. The summed E-state index contributed by atoms with van der Waals surface area (Å²) in [7, 11) is -3.64. The second-order valence-corrected chi connectivity index (χ2v) is 8.74. The maximum atomic E-state index is 13.0. The largest absolute Gasteiger partial charge is 0.381 e. The van der Waals surface area contributed by atoms with Crippen molar-refractivity contribution >= 4 is 15.9 Å². The van der Waals surface area contributed by atoms with Gasteiger partial charge in [0, 0.05) is 32.3 Å². The van der Waals surface area contributed by atoms with Crippen LogP contribution in [0.5, 0.6) is 0 Å². The zero-order valence-electron chi connectivity index (χ0n) is 14.7. The molecule has 8 nitrogen and oxygen atoms in total. The maximum Gasteiger partial charge on any atom is 0.246 e. The van der Waals surface area contributed by atoms with E-state index in [4.69, 9.17) is 4.74 Å². The van der Waals surface area contributed by atoms with E-state index in [0.717, 1.165) is 12.8 Å². The summed E-state index contributed by atoms with van der Waals surface area (Å²) in [6, 6.07) is 0.131. The minimum Gasteiger partial charge on any atom is -0.381 e. The van der Waals surface area contributed by atoms with Gasteiger partial charge < -0.3 is 10.1 Å². The number of nitrogens with one attached hydrogen (secondary N) is 2. The number of hydrogen-bond donors (Lipinski definition) is 2. The van der Waals surface area contributed by atoms with Crippen molar-refractivity contribution < 1.29 is 17.9 Å². The first-order chi connectivity index (χ1) is 11.9.